The third-order valence-electron chi connectivity index (χ3n) is 2.94. The number of alkyl halides is 2. The summed E-state index contributed by atoms with van der Waals surface area (Å²) in [6, 6.07) is 11.1. The Labute approximate surface area is 138 Å². The lowest BCUT2D eigenvalue weighted by Gasteiger charge is -2.08. The average Bonchev–Trinajstić information content (AvgIpc) is 3.05. The van der Waals surface area contributed by atoms with Gasteiger partial charge in [-0.1, -0.05) is 23.2 Å². The number of rotatable bonds is 6. The molecule has 116 valence electrons. The summed E-state index contributed by atoms with van der Waals surface area (Å²) in [5.41, 5.74) is 1.53. The first-order valence-corrected chi connectivity index (χ1v) is 7.52. The number of aromatic nitrogens is 1. The van der Waals surface area contributed by atoms with Crippen LogP contribution in [0.2, 0.25) is 0 Å². The number of benzene rings is 1. The number of hydrogen-bond donors (Lipinski definition) is 2. The van der Waals surface area contributed by atoms with Gasteiger partial charge in [-0.15, -0.1) is 0 Å². The summed E-state index contributed by atoms with van der Waals surface area (Å²) < 4.78 is 1.95. The topological polar surface area (TPSA) is 63.1 Å². The van der Waals surface area contributed by atoms with E-state index in [4.69, 9.17) is 23.2 Å². The Bertz CT molecular complexity index is 625. The maximum atomic E-state index is 11.9. The molecule has 2 aromatic rings. The number of hydrogen-bond acceptors (Lipinski definition) is 2. The van der Waals surface area contributed by atoms with Crippen molar-refractivity contribution < 1.29 is 9.59 Å². The summed E-state index contributed by atoms with van der Waals surface area (Å²) in [7, 11) is 0. The summed E-state index contributed by atoms with van der Waals surface area (Å²) in [5, 5.41) is 5.20. The predicted octanol–water partition coefficient (Wildman–Crippen LogP) is 2.13. The smallest absolute Gasteiger partial charge is 0.253 e. The molecule has 0 unspecified atom stereocenters. The molecule has 0 aliphatic heterocycles. The Kier molecular flexibility index (Phi) is 5.86. The van der Waals surface area contributed by atoms with Crippen LogP contribution in [0.25, 0.3) is 5.69 Å². The molecule has 0 bridgehead atoms. The van der Waals surface area contributed by atoms with Crippen LogP contribution in [0.1, 0.15) is 10.4 Å². The van der Waals surface area contributed by atoms with E-state index < -0.39 is 10.7 Å². The lowest BCUT2D eigenvalue weighted by molar-refractivity contribution is -0.119. The molecule has 0 atom stereocenters. The Morgan fingerprint density at radius 3 is 2.18 bits per heavy atom. The van der Waals surface area contributed by atoms with E-state index in [1.165, 1.54) is 0 Å². The van der Waals surface area contributed by atoms with Crippen molar-refractivity contribution in [3.05, 3.63) is 54.4 Å². The molecule has 0 aliphatic carbocycles. The molecule has 1 aromatic carbocycles. The van der Waals surface area contributed by atoms with Crippen LogP contribution >= 0.6 is 23.2 Å². The first kappa shape index (κ1) is 16.4. The van der Waals surface area contributed by atoms with E-state index in [9.17, 15) is 9.59 Å². The minimum atomic E-state index is -1.10. The lowest BCUT2D eigenvalue weighted by Crippen LogP contribution is -2.36. The molecule has 2 rings (SSSR count). The van der Waals surface area contributed by atoms with E-state index >= 15 is 0 Å². The fourth-order valence-electron chi connectivity index (χ4n) is 1.83. The maximum Gasteiger partial charge on any atom is 0.253 e. The van der Waals surface area contributed by atoms with Crippen molar-refractivity contribution in [1.29, 1.82) is 0 Å². The second-order valence-corrected chi connectivity index (χ2v) is 5.58. The average molecular weight is 340 g/mol. The monoisotopic (exact) mass is 339 g/mol. The summed E-state index contributed by atoms with van der Waals surface area (Å²) >= 11 is 10.8. The van der Waals surface area contributed by atoms with E-state index in [1.54, 1.807) is 12.1 Å². The molecule has 0 spiro atoms. The van der Waals surface area contributed by atoms with Crippen molar-refractivity contribution in [3.63, 3.8) is 0 Å². The van der Waals surface area contributed by atoms with Crippen LogP contribution < -0.4 is 10.6 Å². The third kappa shape index (κ3) is 4.51. The Morgan fingerprint density at radius 2 is 1.59 bits per heavy atom. The molecule has 0 aliphatic rings. The van der Waals surface area contributed by atoms with E-state index in [0.29, 0.717) is 12.1 Å². The zero-order chi connectivity index (χ0) is 15.9. The molecule has 0 saturated heterocycles. The molecular formula is C15H15Cl2N3O2. The maximum absolute atomic E-state index is 11.9. The van der Waals surface area contributed by atoms with Gasteiger partial charge in [-0.25, -0.2) is 0 Å². The highest BCUT2D eigenvalue weighted by Crippen LogP contribution is 2.09. The molecular weight excluding hydrogens is 325 g/mol. The summed E-state index contributed by atoms with van der Waals surface area (Å²) in [6.07, 6.45) is 3.86. The van der Waals surface area contributed by atoms with Crippen molar-refractivity contribution in [2.45, 2.75) is 4.84 Å². The van der Waals surface area contributed by atoms with Crippen LogP contribution in [0.4, 0.5) is 0 Å². The van der Waals surface area contributed by atoms with Crippen LogP contribution in [0.3, 0.4) is 0 Å². The van der Waals surface area contributed by atoms with Crippen molar-refractivity contribution in [2.75, 3.05) is 13.1 Å². The molecule has 1 aromatic heterocycles. The second kappa shape index (κ2) is 7.87. The van der Waals surface area contributed by atoms with Crippen molar-refractivity contribution >= 4 is 35.0 Å². The SMILES string of the molecule is O=C(NCCNC(=O)C(Cl)Cl)c1ccc(-n2cccc2)cc1. The number of nitrogens with zero attached hydrogens (tertiary/aromatic N) is 1. The molecule has 5 nitrogen and oxygen atoms in total. The van der Waals surface area contributed by atoms with Gasteiger partial charge in [0.25, 0.3) is 11.8 Å². The van der Waals surface area contributed by atoms with Crippen molar-refractivity contribution in [2.24, 2.45) is 0 Å². The zero-order valence-corrected chi connectivity index (χ0v) is 13.1. The number of amides is 2. The van der Waals surface area contributed by atoms with Crippen LogP contribution in [-0.4, -0.2) is 34.3 Å². The molecule has 22 heavy (non-hydrogen) atoms. The Morgan fingerprint density at radius 1 is 1.00 bits per heavy atom. The van der Waals surface area contributed by atoms with Gasteiger partial charge in [0.15, 0.2) is 4.84 Å². The molecule has 0 saturated carbocycles. The van der Waals surface area contributed by atoms with Crippen molar-refractivity contribution in [1.82, 2.24) is 15.2 Å². The first-order valence-electron chi connectivity index (χ1n) is 6.65. The van der Waals surface area contributed by atoms with E-state index in [-0.39, 0.29) is 12.5 Å². The summed E-state index contributed by atoms with van der Waals surface area (Å²) in [5.74, 6) is -0.685. The van der Waals surface area contributed by atoms with Gasteiger partial charge >= 0.3 is 0 Å². The molecule has 7 heteroatoms. The van der Waals surface area contributed by atoms with Gasteiger partial charge in [0.1, 0.15) is 0 Å². The fraction of sp³-hybridized carbons (Fsp3) is 0.200. The van der Waals surface area contributed by atoms with Gasteiger partial charge in [0.2, 0.25) is 0 Å². The normalized spacial score (nSPS) is 10.5. The first-order chi connectivity index (χ1) is 10.6. The van der Waals surface area contributed by atoms with Gasteiger partial charge in [-0.2, -0.15) is 0 Å². The Hall–Kier alpha value is -1.98. The predicted molar refractivity (Wildman–Crippen MR) is 86.6 cm³/mol. The molecule has 2 N–H and O–H groups in total. The molecule has 0 fully saturated rings. The second-order valence-electron chi connectivity index (χ2n) is 4.48. The van der Waals surface area contributed by atoms with Gasteiger partial charge in [0, 0.05) is 36.7 Å². The fourth-order valence-corrected chi connectivity index (χ4v) is 1.99. The van der Waals surface area contributed by atoms with Crippen molar-refractivity contribution in [3.8, 4) is 5.69 Å². The highest BCUT2D eigenvalue weighted by molar-refractivity contribution is 6.53. The third-order valence-corrected chi connectivity index (χ3v) is 3.34. The number of carbonyl (C=O) groups excluding carboxylic acids is 2. The van der Waals surface area contributed by atoms with Gasteiger partial charge in [-0.3, -0.25) is 9.59 Å². The summed E-state index contributed by atoms with van der Waals surface area (Å²) in [6.45, 7) is 0.562. The highest BCUT2D eigenvalue weighted by Gasteiger charge is 2.10. The quantitative estimate of drug-likeness (QED) is 0.625. The Balaban J connectivity index is 1.82. The molecule has 1 heterocycles. The molecule has 2 amide bonds. The van der Waals surface area contributed by atoms with E-state index in [2.05, 4.69) is 10.6 Å². The van der Waals surface area contributed by atoms with Crippen LogP contribution in [-0.2, 0) is 4.79 Å². The minimum Gasteiger partial charge on any atom is -0.352 e. The lowest BCUT2D eigenvalue weighted by atomic mass is 10.2. The van der Waals surface area contributed by atoms with Gasteiger partial charge in [0.05, 0.1) is 0 Å². The number of halogens is 2. The van der Waals surface area contributed by atoms with Gasteiger partial charge in [-0.05, 0) is 36.4 Å². The minimum absolute atomic E-state index is 0.207. The summed E-state index contributed by atoms with van der Waals surface area (Å²) in [4.78, 5) is 22.0. The van der Waals surface area contributed by atoms with E-state index in [0.717, 1.165) is 5.69 Å². The number of carbonyl (C=O) groups is 2. The van der Waals surface area contributed by atoms with Gasteiger partial charge < -0.3 is 15.2 Å². The zero-order valence-electron chi connectivity index (χ0n) is 11.6. The molecule has 0 radical (unpaired) electrons. The standard InChI is InChI=1S/C15H15Cl2N3O2/c16-13(17)15(22)19-8-7-18-14(21)11-3-5-12(6-4-11)20-9-1-2-10-20/h1-6,9-10,13H,7-8H2,(H,18,21)(H,19,22). The van der Waals surface area contributed by atoms with Crippen LogP contribution in [0, 0.1) is 0 Å². The largest absolute Gasteiger partial charge is 0.352 e. The van der Waals surface area contributed by atoms with E-state index in [1.807, 2.05) is 41.2 Å². The number of nitrogens with one attached hydrogen (secondary N) is 2. The van der Waals surface area contributed by atoms with Crippen LogP contribution in [0.15, 0.2) is 48.8 Å². The van der Waals surface area contributed by atoms with Crippen LogP contribution in [0.5, 0.6) is 0 Å². The highest BCUT2D eigenvalue weighted by atomic mass is 35.5.